The Labute approximate surface area is 160 Å². The zero-order valence-electron chi connectivity index (χ0n) is 13.2. The van der Waals surface area contributed by atoms with E-state index in [0.717, 1.165) is 26.5 Å². The summed E-state index contributed by atoms with van der Waals surface area (Å²) in [6, 6.07) is 12.4. The molecule has 0 unspecified atom stereocenters. The van der Waals surface area contributed by atoms with Crippen LogP contribution in [-0.2, 0) is 5.75 Å². The van der Waals surface area contributed by atoms with E-state index in [-0.39, 0.29) is 5.69 Å². The van der Waals surface area contributed by atoms with E-state index < -0.39 is 4.92 Å². The first-order chi connectivity index (χ1) is 12.6. The zero-order valence-corrected chi connectivity index (χ0v) is 15.6. The molecule has 4 rings (SSSR count). The van der Waals surface area contributed by atoms with Crippen LogP contribution in [0.25, 0.3) is 22.4 Å². The van der Waals surface area contributed by atoms with E-state index in [4.69, 9.17) is 4.42 Å². The highest BCUT2D eigenvalue weighted by Gasteiger charge is 2.13. The molecular formula is C17H11BrN4O3S. The van der Waals surface area contributed by atoms with Gasteiger partial charge in [0, 0.05) is 39.5 Å². The molecule has 0 bridgehead atoms. The highest BCUT2D eigenvalue weighted by Crippen LogP contribution is 2.30. The maximum absolute atomic E-state index is 10.9. The molecule has 0 fully saturated rings. The van der Waals surface area contributed by atoms with Gasteiger partial charge in [-0.15, -0.1) is 10.2 Å². The number of halogens is 1. The van der Waals surface area contributed by atoms with Crippen molar-refractivity contribution in [1.29, 1.82) is 0 Å². The van der Waals surface area contributed by atoms with Crippen molar-refractivity contribution in [2.45, 2.75) is 11.0 Å². The van der Waals surface area contributed by atoms with Crippen LogP contribution in [0.1, 0.15) is 5.56 Å². The Bertz CT molecular complexity index is 1110. The van der Waals surface area contributed by atoms with Gasteiger partial charge in [-0.3, -0.25) is 10.1 Å². The highest BCUT2D eigenvalue weighted by molar-refractivity contribution is 9.10. The van der Waals surface area contributed by atoms with Crippen molar-refractivity contribution in [2.75, 3.05) is 0 Å². The Morgan fingerprint density at radius 2 is 2.12 bits per heavy atom. The van der Waals surface area contributed by atoms with Gasteiger partial charge in [0.05, 0.1) is 10.4 Å². The predicted molar refractivity (Wildman–Crippen MR) is 102 cm³/mol. The number of rotatable bonds is 5. The number of nitrogens with one attached hydrogen (secondary N) is 1. The number of nitro benzene ring substituents is 1. The maximum atomic E-state index is 10.9. The molecule has 0 saturated heterocycles. The summed E-state index contributed by atoms with van der Waals surface area (Å²) in [7, 11) is 0. The average Bonchev–Trinajstić information content (AvgIpc) is 3.26. The largest absolute Gasteiger partial charge is 0.411 e. The van der Waals surface area contributed by atoms with Gasteiger partial charge in [-0.25, -0.2) is 0 Å². The molecule has 0 spiro atoms. The zero-order chi connectivity index (χ0) is 18.1. The summed E-state index contributed by atoms with van der Waals surface area (Å²) in [6.07, 6.45) is 1.84. The van der Waals surface area contributed by atoms with Crippen LogP contribution in [0.5, 0.6) is 0 Å². The summed E-state index contributed by atoms with van der Waals surface area (Å²) < 4.78 is 6.65. The van der Waals surface area contributed by atoms with Crippen molar-refractivity contribution in [1.82, 2.24) is 15.2 Å². The van der Waals surface area contributed by atoms with E-state index in [0.29, 0.717) is 16.9 Å². The Morgan fingerprint density at radius 1 is 1.23 bits per heavy atom. The first-order valence-electron chi connectivity index (χ1n) is 7.57. The summed E-state index contributed by atoms with van der Waals surface area (Å²) in [5.41, 5.74) is 2.66. The Kier molecular flexibility index (Phi) is 4.48. The van der Waals surface area contributed by atoms with Crippen molar-refractivity contribution >= 4 is 44.3 Å². The van der Waals surface area contributed by atoms with E-state index in [1.807, 2.05) is 30.5 Å². The Balaban J connectivity index is 1.51. The normalized spacial score (nSPS) is 11.1. The monoisotopic (exact) mass is 430 g/mol. The number of aromatic nitrogens is 3. The number of hydrogen-bond acceptors (Lipinski definition) is 6. The lowest BCUT2D eigenvalue weighted by Crippen LogP contribution is -1.87. The highest BCUT2D eigenvalue weighted by atomic mass is 79.9. The van der Waals surface area contributed by atoms with Gasteiger partial charge in [-0.05, 0) is 29.8 Å². The molecule has 7 nitrogen and oxygen atoms in total. The molecule has 0 aliphatic rings. The second-order valence-corrected chi connectivity index (χ2v) is 7.32. The SMILES string of the molecule is O=[N+]([O-])c1ccc2c(CSc3nnc(-c4cccc(Br)c4)o3)c[nH]c2c1. The molecule has 26 heavy (non-hydrogen) atoms. The van der Waals surface area contributed by atoms with Gasteiger partial charge in [0.15, 0.2) is 0 Å². The number of thioether (sulfide) groups is 1. The van der Waals surface area contributed by atoms with Gasteiger partial charge < -0.3 is 9.40 Å². The van der Waals surface area contributed by atoms with Gasteiger partial charge in [0.2, 0.25) is 5.89 Å². The molecule has 0 atom stereocenters. The van der Waals surface area contributed by atoms with E-state index in [2.05, 4.69) is 31.1 Å². The number of nitro groups is 1. The third kappa shape index (κ3) is 3.35. The fraction of sp³-hybridized carbons (Fsp3) is 0.0588. The van der Waals surface area contributed by atoms with Gasteiger partial charge in [0.1, 0.15) is 0 Å². The molecule has 130 valence electrons. The number of hydrogen-bond donors (Lipinski definition) is 1. The number of aromatic amines is 1. The molecule has 0 saturated carbocycles. The lowest BCUT2D eigenvalue weighted by Gasteiger charge is -1.97. The lowest BCUT2D eigenvalue weighted by molar-refractivity contribution is -0.384. The van der Waals surface area contributed by atoms with Crippen molar-refractivity contribution in [3.63, 3.8) is 0 Å². The van der Waals surface area contributed by atoms with E-state index in [9.17, 15) is 10.1 Å². The molecule has 2 heterocycles. The minimum Gasteiger partial charge on any atom is -0.411 e. The van der Waals surface area contributed by atoms with E-state index >= 15 is 0 Å². The minimum absolute atomic E-state index is 0.0640. The molecule has 2 aromatic heterocycles. The first kappa shape index (κ1) is 16.8. The smallest absolute Gasteiger partial charge is 0.277 e. The first-order valence-corrected chi connectivity index (χ1v) is 9.34. The summed E-state index contributed by atoms with van der Waals surface area (Å²) in [5.74, 6) is 1.07. The third-order valence-electron chi connectivity index (χ3n) is 3.79. The quantitative estimate of drug-likeness (QED) is 0.266. The number of H-pyrrole nitrogens is 1. The van der Waals surface area contributed by atoms with Crippen molar-refractivity contribution in [2.24, 2.45) is 0 Å². The summed E-state index contributed by atoms with van der Waals surface area (Å²) in [4.78, 5) is 13.5. The van der Waals surface area contributed by atoms with Crippen LogP contribution in [0.3, 0.4) is 0 Å². The van der Waals surface area contributed by atoms with Gasteiger partial charge in [0.25, 0.3) is 10.9 Å². The molecule has 4 aromatic rings. The fourth-order valence-corrected chi connectivity index (χ4v) is 3.71. The Hall–Kier alpha value is -2.65. The molecule has 1 N–H and O–H groups in total. The molecule has 0 amide bonds. The predicted octanol–water partition coefficient (Wildman–Crippen LogP) is 5.18. The topological polar surface area (TPSA) is 97.8 Å². The number of fused-ring (bicyclic) bond motifs is 1. The molecule has 9 heteroatoms. The van der Waals surface area contributed by atoms with Crippen LogP contribution < -0.4 is 0 Å². The third-order valence-corrected chi connectivity index (χ3v) is 5.15. The van der Waals surface area contributed by atoms with Crippen molar-refractivity contribution < 1.29 is 9.34 Å². The number of nitrogens with zero attached hydrogens (tertiary/aromatic N) is 3. The summed E-state index contributed by atoms with van der Waals surface area (Å²) >= 11 is 4.84. The molecule has 2 aromatic carbocycles. The van der Waals surface area contributed by atoms with Crippen LogP contribution in [0.15, 0.2) is 62.8 Å². The fourth-order valence-electron chi connectivity index (χ4n) is 2.55. The maximum Gasteiger partial charge on any atom is 0.277 e. The van der Waals surface area contributed by atoms with E-state index in [1.165, 1.54) is 23.9 Å². The lowest BCUT2D eigenvalue weighted by atomic mass is 10.2. The van der Waals surface area contributed by atoms with Gasteiger partial charge in [-0.1, -0.05) is 33.8 Å². The van der Waals surface area contributed by atoms with Crippen LogP contribution in [0.2, 0.25) is 0 Å². The average molecular weight is 431 g/mol. The molecule has 0 radical (unpaired) electrons. The van der Waals surface area contributed by atoms with Gasteiger partial charge >= 0.3 is 0 Å². The molecular weight excluding hydrogens is 420 g/mol. The number of non-ortho nitro benzene ring substituents is 1. The Morgan fingerprint density at radius 3 is 2.92 bits per heavy atom. The second-order valence-electron chi connectivity index (χ2n) is 5.47. The van der Waals surface area contributed by atoms with Crippen LogP contribution in [0.4, 0.5) is 5.69 Å². The van der Waals surface area contributed by atoms with Gasteiger partial charge in [-0.2, -0.15) is 0 Å². The standard InChI is InChI=1S/C17H11BrN4O3S/c18-12-3-1-2-10(6-12)16-20-21-17(25-16)26-9-11-8-19-15-7-13(22(23)24)4-5-14(11)15/h1-8,19H,9H2. The van der Waals surface area contributed by atoms with Crippen LogP contribution >= 0.6 is 27.7 Å². The second kappa shape index (κ2) is 6.93. The number of benzene rings is 2. The summed E-state index contributed by atoms with van der Waals surface area (Å²) in [6.45, 7) is 0. The van der Waals surface area contributed by atoms with Crippen LogP contribution in [0, 0.1) is 10.1 Å². The summed E-state index contributed by atoms with van der Waals surface area (Å²) in [5, 5.41) is 20.4. The molecule has 0 aliphatic carbocycles. The van der Waals surface area contributed by atoms with Crippen LogP contribution in [-0.4, -0.2) is 20.1 Å². The minimum atomic E-state index is -0.406. The van der Waals surface area contributed by atoms with E-state index in [1.54, 1.807) is 6.07 Å². The van der Waals surface area contributed by atoms with Crippen molar-refractivity contribution in [3.05, 3.63) is 68.8 Å². The molecule has 0 aliphatic heterocycles. The van der Waals surface area contributed by atoms with Crippen molar-refractivity contribution in [3.8, 4) is 11.5 Å².